The van der Waals surface area contributed by atoms with Crippen LogP contribution < -0.4 is 10.5 Å². The highest BCUT2D eigenvalue weighted by Gasteiger charge is 2.15. The van der Waals surface area contributed by atoms with Crippen LogP contribution in [0, 0.1) is 4.77 Å². The molecule has 0 saturated carbocycles. The minimum atomic E-state index is -0.345. The van der Waals surface area contributed by atoms with Gasteiger partial charge in [0.15, 0.2) is 4.77 Å². The molecule has 3 rings (SSSR count). The van der Waals surface area contributed by atoms with E-state index in [4.69, 9.17) is 17.0 Å². The molecule has 1 aliphatic rings. The highest BCUT2D eigenvalue weighted by molar-refractivity contribution is 9.10. The molecule has 1 N–H and O–H groups in total. The van der Waals surface area contributed by atoms with Gasteiger partial charge < -0.3 is 14.7 Å². The van der Waals surface area contributed by atoms with Crippen LogP contribution in [0.4, 0.5) is 11.4 Å². The van der Waals surface area contributed by atoms with Crippen molar-refractivity contribution in [3.63, 3.8) is 0 Å². The molecule has 1 aromatic carbocycles. The van der Waals surface area contributed by atoms with Crippen LogP contribution in [0.3, 0.4) is 0 Å². The summed E-state index contributed by atoms with van der Waals surface area (Å²) < 4.78 is 9.61. The Kier molecular flexibility index (Phi) is 6.69. The highest BCUT2D eigenvalue weighted by Crippen LogP contribution is 2.31. The van der Waals surface area contributed by atoms with Crippen LogP contribution in [-0.2, 0) is 17.8 Å². The number of anilines is 1. The smallest absolute Gasteiger partial charge is 0.267 e. The van der Waals surface area contributed by atoms with E-state index in [0.29, 0.717) is 36.8 Å². The Bertz CT molecular complexity index is 1010. The minimum absolute atomic E-state index is 0.130. The molecular formula is C19H23BrN4O3S. The van der Waals surface area contributed by atoms with E-state index in [2.05, 4.69) is 25.8 Å². The first-order valence-electron chi connectivity index (χ1n) is 9.20. The Balaban J connectivity index is 1.95. The fourth-order valence-electron chi connectivity index (χ4n) is 3.16. The Hall–Kier alpha value is -1.97. The fraction of sp³-hybridized carbons (Fsp3) is 0.421. The van der Waals surface area contributed by atoms with Gasteiger partial charge in [0, 0.05) is 36.9 Å². The van der Waals surface area contributed by atoms with Gasteiger partial charge in [-0.2, -0.15) is 0 Å². The van der Waals surface area contributed by atoms with Gasteiger partial charge in [-0.3, -0.25) is 18.9 Å². The van der Waals surface area contributed by atoms with E-state index >= 15 is 0 Å². The lowest BCUT2D eigenvalue weighted by molar-refractivity contribution is 0.122. The largest absolute Gasteiger partial charge is 0.494 e. The van der Waals surface area contributed by atoms with E-state index in [1.54, 1.807) is 0 Å². The number of halogens is 1. The number of ether oxygens (including phenoxy) is 1. The second-order valence-corrected chi connectivity index (χ2v) is 7.53. The molecule has 28 heavy (non-hydrogen) atoms. The molecule has 1 aromatic heterocycles. The van der Waals surface area contributed by atoms with Gasteiger partial charge in [0.25, 0.3) is 5.56 Å². The lowest BCUT2D eigenvalue weighted by atomic mass is 10.2. The van der Waals surface area contributed by atoms with E-state index in [0.717, 1.165) is 23.2 Å². The zero-order valence-corrected chi connectivity index (χ0v) is 18.3. The molecule has 1 aliphatic heterocycles. The summed E-state index contributed by atoms with van der Waals surface area (Å²) in [5.41, 5.74) is 1.54. The standard InChI is InChI=1S/C19H23BrN4O3S/c1-3-23-17(25)14(18(26)24(4-2)19(23)28)12-21-13-5-6-16(15(20)11-13)22-7-9-27-10-8-22/h5-6,11-12,25H,3-4,7-10H2,1-2H3. The Morgan fingerprint density at radius 3 is 2.54 bits per heavy atom. The first-order chi connectivity index (χ1) is 13.5. The SMILES string of the molecule is CCn1c(O)c(C=Nc2ccc(N3CCOCC3)c(Br)c2)c(=O)n(CC)c1=S. The molecule has 1 fully saturated rings. The second kappa shape index (κ2) is 9.02. The molecule has 0 amide bonds. The fourth-order valence-corrected chi connectivity index (χ4v) is 4.21. The summed E-state index contributed by atoms with van der Waals surface area (Å²) in [5, 5.41) is 10.5. The number of aliphatic imine (C=N–C) groups is 1. The number of rotatable bonds is 5. The van der Waals surface area contributed by atoms with E-state index in [1.807, 2.05) is 32.0 Å². The lowest BCUT2D eigenvalue weighted by Gasteiger charge is -2.29. The molecule has 0 spiro atoms. The average Bonchev–Trinajstić information content (AvgIpc) is 2.69. The van der Waals surface area contributed by atoms with Crippen molar-refractivity contribution < 1.29 is 9.84 Å². The number of hydrogen-bond donors (Lipinski definition) is 1. The van der Waals surface area contributed by atoms with Crippen molar-refractivity contribution in [1.82, 2.24) is 9.13 Å². The van der Waals surface area contributed by atoms with Crippen molar-refractivity contribution in [2.24, 2.45) is 4.99 Å². The van der Waals surface area contributed by atoms with Gasteiger partial charge in [-0.1, -0.05) is 0 Å². The number of aromatic hydroxyl groups is 1. The van der Waals surface area contributed by atoms with Gasteiger partial charge in [0.1, 0.15) is 5.56 Å². The van der Waals surface area contributed by atoms with Crippen molar-refractivity contribution in [2.75, 3.05) is 31.2 Å². The van der Waals surface area contributed by atoms with Crippen LogP contribution in [-0.4, -0.2) is 46.8 Å². The predicted octanol–water partition coefficient (Wildman–Crippen LogP) is 3.47. The highest BCUT2D eigenvalue weighted by atomic mass is 79.9. The summed E-state index contributed by atoms with van der Waals surface area (Å²) in [6, 6.07) is 5.77. The quantitative estimate of drug-likeness (QED) is 0.539. The van der Waals surface area contributed by atoms with Crippen molar-refractivity contribution in [1.29, 1.82) is 0 Å². The lowest BCUT2D eigenvalue weighted by Crippen LogP contribution is -2.36. The third-order valence-electron chi connectivity index (χ3n) is 4.69. The number of aromatic nitrogens is 2. The molecule has 9 heteroatoms. The summed E-state index contributed by atoms with van der Waals surface area (Å²) in [7, 11) is 0. The zero-order valence-electron chi connectivity index (χ0n) is 15.9. The Labute approximate surface area is 177 Å². The summed E-state index contributed by atoms with van der Waals surface area (Å²) in [5.74, 6) is -0.157. The van der Waals surface area contributed by atoms with Gasteiger partial charge in [-0.15, -0.1) is 0 Å². The molecule has 0 unspecified atom stereocenters. The van der Waals surface area contributed by atoms with E-state index < -0.39 is 0 Å². The second-order valence-electron chi connectivity index (χ2n) is 6.31. The number of hydrogen-bond acceptors (Lipinski definition) is 6. The molecule has 1 saturated heterocycles. The first-order valence-corrected chi connectivity index (χ1v) is 10.4. The van der Waals surface area contributed by atoms with E-state index in [1.165, 1.54) is 15.3 Å². The zero-order chi connectivity index (χ0) is 20.3. The maximum absolute atomic E-state index is 12.7. The van der Waals surface area contributed by atoms with Crippen LogP contribution in [0.25, 0.3) is 0 Å². The summed E-state index contributed by atoms with van der Waals surface area (Å²) in [4.78, 5) is 19.3. The van der Waals surface area contributed by atoms with Crippen molar-refractivity contribution in [2.45, 2.75) is 26.9 Å². The van der Waals surface area contributed by atoms with Gasteiger partial charge in [0.05, 0.1) is 24.6 Å². The summed E-state index contributed by atoms with van der Waals surface area (Å²) >= 11 is 8.90. The number of morpholine rings is 1. The molecule has 0 bridgehead atoms. The average molecular weight is 467 g/mol. The molecule has 0 aliphatic carbocycles. The number of benzene rings is 1. The predicted molar refractivity (Wildman–Crippen MR) is 117 cm³/mol. The monoisotopic (exact) mass is 466 g/mol. The molecule has 2 aromatic rings. The number of nitrogens with zero attached hydrogens (tertiary/aromatic N) is 4. The van der Waals surface area contributed by atoms with Crippen molar-refractivity contribution in [3.8, 4) is 5.88 Å². The molecular weight excluding hydrogens is 444 g/mol. The topological polar surface area (TPSA) is 72.0 Å². The minimum Gasteiger partial charge on any atom is -0.494 e. The molecule has 0 atom stereocenters. The molecule has 0 radical (unpaired) electrons. The van der Waals surface area contributed by atoms with Crippen LogP contribution in [0.1, 0.15) is 19.4 Å². The van der Waals surface area contributed by atoms with Crippen LogP contribution in [0.2, 0.25) is 0 Å². The van der Waals surface area contributed by atoms with Crippen LogP contribution in [0.5, 0.6) is 5.88 Å². The van der Waals surface area contributed by atoms with Gasteiger partial charge >= 0.3 is 0 Å². The van der Waals surface area contributed by atoms with Gasteiger partial charge in [0.2, 0.25) is 5.88 Å². The van der Waals surface area contributed by atoms with Gasteiger partial charge in [-0.25, -0.2) is 0 Å². The molecule has 7 nitrogen and oxygen atoms in total. The first kappa shape index (κ1) is 20.8. The van der Waals surface area contributed by atoms with Crippen LogP contribution in [0.15, 0.2) is 32.5 Å². The summed E-state index contributed by atoms with van der Waals surface area (Å²) in [6.45, 7) is 7.71. The Morgan fingerprint density at radius 2 is 1.93 bits per heavy atom. The third-order valence-corrected chi connectivity index (χ3v) is 5.77. The van der Waals surface area contributed by atoms with Crippen molar-refractivity contribution in [3.05, 3.63) is 43.4 Å². The normalized spacial score (nSPS) is 14.8. The van der Waals surface area contributed by atoms with Gasteiger partial charge in [-0.05, 0) is 60.2 Å². The maximum atomic E-state index is 12.7. The molecule has 2 heterocycles. The Morgan fingerprint density at radius 1 is 1.25 bits per heavy atom. The van der Waals surface area contributed by atoms with Crippen LogP contribution >= 0.6 is 28.1 Å². The van der Waals surface area contributed by atoms with E-state index in [-0.39, 0.29) is 17.0 Å². The third kappa shape index (κ3) is 4.06. The molecule has 150 valence electrons. The maximum Gasteiger partial charge on any atom is 0.267 e. The van der Waals surface area contributed by atoms with Crippen molar-refractivity contribution >= 4 is 45.7 Å². The van der Waals surface area contributed by atoms with E-state index in [9.17, 15) is 9.90 Å². The summed E-state index contributed by atoms with van der Waals surface area (Å²) in [6.07, 6.45) is 1.40.